The Kier molecular flexibility index (Phi) is 4.98. The van der Waals surface area contributed by atoms with Gasteiger partial charge >= 0.3 is 0 Å². The molecule has 148 valence electrons. The Morgan fingerprint density at radius 1 is 1.29 bits per heavy atom. The number of carbonyl (C=O) groups excluding carboxylic acids is 1. The smallest absolute Gasteiger partial charge is 0.223 e. The second-order valence-electron chi connectivity index (χ2n) is 7.71. The van der Waals surface area contributed by atoms with Crippen LogP contribution in [0.2, 0.25) is 0 Å². The molecule has 3 heterocycles. The second-order valence-corrected chi connectivity index (χ2v) is 7.71. The maximum absolute atomic E-state index is 12.4. The fourth-order valence-electron chi connectivity index (χ4n) is 4.42. The fourth-order valence-corrected chi connectivity index (χ4v) is 4.42. The van der Waals surface area contributed by atoms with Gasteiger partial charge in [0, 0.05) is 68.2 Å². The number of aryl methyl sites for hydroxylation is 2. The summed E-state index contributed by atoms with van der Waals surface area (Å²) < 4.78 is 7.88. The lowest BCUT2D eigenvalue weighted by Gasteiger charge is -2.25. The number of hydrogen-bond acceptors (Lipinski definition) is 4. The standard InChI is InChI=1S/C22H28N4O2/c1-5-19-18(16-8-6-7-9-20(16)28-19)12-23-11-15-10-21(27)25(3)22(15)17-13-24-26(4)14(17)2/h6-9,13,15,22-23H,5,10-12H2,1-4H3/t15-,22+/m0/s1. The van der Waals surface area contributed by atoms with E-state index in [0.29, 0.717) is 6.42 Å². The Morgan fingerprint density at radius 3 is 2.79 bits per heavy atom. The van der Waals surface area contributed by atoms with Crippen molar-refractivity contribution in [3.8, 4) is 0 Å². The monoisotopic (exact) mass is 380 g/mol. The molecular formula is C22H28N4O2. The van der Waals surface area contributed by atoms with Crippen LogP contribution in [0.5, 0.6) is 0 Å². The highest BCUT2D eigenvalue weighted by Crippen LogP contribution is 2.38. The number of likely N-dealkylation sites (tertiary alicyclic amines) is 1. The van der Waals surface area contributed by atoms with Gasteiger partial charge in [0.15, 0.2) is 0 Å². The summed E-state index contributed by atoms with van der Waals surface area (Å²) in [6.45, 7) is 5.70. The molecule has 0 radical (unpaired) electrons. The van der Waals surface area contributed by atoms with Crippen molar-refractivity contribution >= 4 is 16.9 Å². The molecule has 1 fully saturated rings. The number of hydrogen-bond donors (Lipinski definition) is 1. The summed E-state index contributed by atoms with van der Waals surface area (Å²) in [5.41, 5.74) is 4.43. The zero-order valence-electron chi connectivity index (χ0n) is 17.0. The molecule has 1 N–H and O–H groups in total. The van der Waals surface area contributed by atoms with Crippen LogP contribution in [0.4, 0.5) is 0 Å². The number of aromatic nitrogens is 2. The second kappa shape index (κ2) is 7.43. The largest absolute Gasteiger partial charge is 0.461 e. The Hall–Kier alpha value is -2.60. The van der Waals surface area contributed by atoms with E-state index < -0.39 is 0 Å². The SMILES string of the molecule is CCc1oc2ccccc2c1CNC[C@@H]1CC(=O)N(C)[C@H]1c1cnn(C)c1C. The summed E-state index contributed by atoms with van der Waals surface area (Å²) in [7, 11) is 3.84. The first kappa shape index (κ1) is 18.7. The number of benzene rings is 1. The number of rotatable bonds is 6. The molecule has 3 aromatic rings. The van der Waals surface area contributed by atoms with E-state index in [0.717, 1.165) is 42.1 Å². The Morgan fingerprint density at radius 2 is 2.07 bits per heavy atom. The summed E-state index contributed by atoms with van der Waals surface area (Å²) in [5.74, 6) is 1.46. The van der Waals surface area contributed by atoms with Gasteiger partial charge in [0.25, 0.3) is 0 Å². The minimum atomic E-state index is 0.0699. The van der Waals surface area contributed by atoms with Crippen LogP contribution in [0.3, 0.4) is 0 Å². The normalized spacial score (nSPS) is 19.9. The molecule has 28 heavy (non-hydrogen) atoms. The van der Waals surface area contributed by atoms with Gasteiger partial charge in [-0.05, 0) is 13.0 Å². The summed E-state index contributed by atoms with van der Waals surface area (Å²) in [6, 6.07) is 8.25. The van der Waals surface area contributed by atoms with Crippen LogP contribution in [-0.2, 0) is 24.8 Å². The summed E-state index contributed by atoms with van der Waals surface area (Å²) in [4.78, 5) is 14.3. The van der Waals surface area contributed by atoms with E-state index in [4.69, 9.17) is 4.42 Å². The third kappa shape index (κ3) is 3.11. The molecule has 2 aromatic heterocycles. The van der Waals surface area contributed by atoms with Crippen molar-refractivity contribution in [1.29, 1.82) is 0 Å². The number of fused-ring (bicyclic) bond motifs is 1. The number of carbonyl (C=O) groups is 1. The molecule has 1 aliphatic rings. The molecule has 6 nitrogen and oxygen atoms in total. The van der Waals surface area contributed by atoms with Crippen LogP contribution < -0.4 is 5.32 Å². The molecule has 0 saturated carbocycles. The van der Waals surface area contributed by atoms with E-state index in [1.165, 1.54) is 10.9 Å². The van der Waals surface area contributed by atoms with Crippen LogP contribution in [0.15, 0.2) is 34.9 Å². The highest BCUT2D eigenvalue weighted by Gasteiger charge is 2.39. The van der Waals surface area contributed by atoms with Crippen molar-refractivity contribution < 1.29 is 9.21 Å². The summed E-state index contributed by atoms with van der Waals surface area (Å²) in [6.07, 6.45) is 3.34. The van der Waals surface area contributed by atoms with E-state index in [9.17, 15) is 4.79 Å². The lowest BCUT2D eigenvalue weighted by molar-refractivity contribution is -0.127. The molecule has 0 aliphatic carbocycles. The average Bonchev–Trinajstić information content (AvgIpc) is 3.31. The number of nitrogens with one attached hydrogen (secondary N) is 1. The predicted molar refractivity (Wildman–Crippen MR) is 109 cm³/mol. The Balaban J connectivity index is 1.51. The molecule has 0 bridgehead atoms. The Labute approximate surface area is 165 Å². The van der Waals surface area contributed by atoms with Crippen molar-refractivity contribution in [3.63, 3.8) is 0 Å². The van der Waals surface area contributed by atoms with Crippen LogP contribution >= 0.6 is 0 Å². The van der Waals surface area contributed by atoms with Gasteiger partial charge in [-0.25, -0.2) is 0 Å². The van der Waals surface area contributed by atoms with Crippen LogP contribution in [0.1, 0.15) is 42.0 Å². The quantitative estimate of drug-likeness (QED) is 0.712. The van der Waals surface area contributed by atoms with Crippen molar-refractivity contribution in [2.45, 2.75) is 39.3 Å². The van der Waals surface area contributed by atoms with Gasteiger partial charge in [-0.2, -0.15) is 5.10 Å². The van der Waals surface area contributed by atoms with Gasteiger partial charge in [0.05, 0.1) is 12.2 Å². The molecule has 0 spiro atoms. The van der Waals surface area contributed by atoms with Gasteiger partial charge in [0.2, 0.25) is 5.91 Å². The molecule has 2 atom stereocenters. The van der Waals surface area contributed by atoms with Crippen LogP contribution in [-0.4, -0.2) is 34.2 Å². The molecule has 6 heteroatoms. The molecular weight excluding hydrogens is 352 g/mol. The topological polar surface area (TPSA) is 63.3 Å². The molecule has 1 saturated heterocycles. The maximum Gasteiger partial charge on any atom is 0.223 e. The average molecular weight is 380 g/mol. The molecule has 4 rings (SSSR count). The fraction of sp³-hybridized carbons (Fsp3) is 0.455. The first-order valence-electron chi connectivity index (χ1n) is 9.95. The molecule has 0 unspecified atom stereocenters. The van der Waals surface area contributed by atoms with Crippen molar-refractivity contribution in [2.75, 3.05) is 13.6 Å². The van der Waals surface area contributed by atoms with E-state index >= 15 is 0 Å². The van der Waals surface area contributed by atoms with Gasteiger partial charge in [-0.1, -0.05) is 25.1 Å². The van der Waals surface area contributed by atoms with Gasteiger partial charge in [-0.15, -0.1) is 0 Å². The van der Waals surface area contributed by atoms with E-state index in [2.05, 4.69) is 30.3 Å². The van der Waals surface area contributed by atoms with Gasteiger partial charge < -0.3 is 14.6 Å². The van der Waals surface area contributed by atoms with E-state index in [1.807, 2.05) is 48.1 Å². The first-order chi connectivity index (χ1) is 13.5. The van der Waals surface area contributed by atoms with Crippen molar-refractivity contribution in [3.05, 3.63) is 53.0 Å². The van der Waals surface area contributed by atoms with Crippen LogP contribution in [0, 0.1) is 12.8 Å². The van der Waals surface area contributed by atoms with Gasteiger partial charge in [-0.3, -0.25) is 9.48 Å². The number of nitrogens with zero attached hydrogens (tertiary/aromatic N) is 3. The highest BCUT2D eigenvalue weighted by molar-refractivity contribution is 5.82. The highest BCUT2D eigenvalue weighted by atomic mass is 16.3. The maximum atomic E-state index is 12.4. The van der Waals surface area contributed by atoms with Gasteiger partial charge in [0.1, 0.15) is 11.3 Å². The lowest BCUT2D eigenvalue weighted by Crippen LogP contribution is -2.29. The van der Waals surface area contributed by atoms with E-state index in [1.54, 1.807) is 0 Å². The third-order valence-electron chi connectivity index (χ3n) is 6.10. The number of furan rings is 1. The zero-order valence-corrected chi connectivity index (χ0v) is 17.0. The molecule has 1 aliphatic heterocycles. The van der Waals surface area contributed by atoms with Crippen LogP contribution in [0.25, 0.3) is 11.0 Å². The number of para-hydroxylation sites is 1. The number of amides is 1. The van der Waals surface area contributed by atoms with E-state index in [-0.39, 0.29) is 17.9 Å². The Bertz CT molecular complexity index is 1000. The predicted octanol–water partition coefficient (Wildman–Crippen LogP) is 3.35. The minimum Gasteiger partial charge on any atom is -0.461 e. The zero-order chi connectivity index (χ0) is 19.8. The summed E-state index contributed by atoms with van der Waals surface area (Å²) >= 11 is 0. The third-order valence-corrected chi connectivity index (χ3v) is 6.10. The summed E-state index contributed by atoms with van der Waals surface area (Å²) in [5, 5.41) is 9.15. The molecule has 1 aromatic carbocycles. The minimum absolute atomic E-state index is 0.0699. The first-order valence-corrected chi connectivity index (χ1v) is 9.95. The van der Waals surface area contributed by atoms with Crippen molar-refractivity contribution in [1.82, 2.24) is 20.0 Å². The molecule has 1 amide bonds. The lowest BCUT2D eigenvalue weighted by atomic mass is 9.94. The van der Waals surface area contributed by atoms with Crippen molar-refractivity contribution in [2.24, 2.45) is 13.0 Å².